The van der Waals surface area contributed by atoms with E-state index in [0.717, 1.165) is 9.13 Å². The number of anilines is 1. The molecule has 2 aromatic heterocycles. The third-order valence-corrected chi connectivity index (χ3v) is 5.16. The van der Waals surface area contributed by atoms with E-state index >= 15 is 0 Å². The Morgan fingerprint density at radius 1 is 1.26 bits per heavy atom. The standard InChI is InChI=1S/C18H12Cl2IN3O2S/c1-9-7-10(21)8-22-16(9)23-18(27)24-17(25)14-6-5-13(26-14)11-3-2-4-12(19)15(11)20/h2-8H,1H3,(H2,22,23,24,25,27). The summed E-state index contributed by atoms with van der Waals surface area (Å²) in [6, 6.07) is 10.3. The maximum Gasteiger partial charge on any atom is 0.293 e. The minimum absolute atomic E-state index is 0.0949. The first-order valence-electron chi connectivity index (χ1n) is 7.64. The Labute approximate surface area is 184 Å². The predicted octanol–water partition coefficient (Wildman–Crippen LogP) is 5.69. The maximum atomic E-state index is 12.4. The van der Waals surface area contributed by atoms with Gasteiger partial charge in [-0.25, -0.2) is 4.98 Å². The maximum absolute atomic E-state index is 12.4. The van der Waals surface area contributed by atoms with Gasteiger partial charge in [-0.15, -0.1) is 0 Å². The quantitative estimate of drug-likeness (QED) is 0.336. The molecule has 5 nitrogen and oxygen atoms in total. The van der Waals surface area contributed by atoms with Crippen LogP contribution >= 0.6 is 58.0 Å². The summed E-state index contributed by atoms with van der Waals surface area (Å²) in [5.74, 6) is 0.616. The molecule has 1 amide bonds. The number of halogens is 3. The molecule has 0 saturated heterocycles. The van der Waals surface area contributed by atoms with E-state index in [1.165, 1.54) is 0 Å². The molecule has 2 heterocycles. The molecule has 9 heteroatoms. The first kappa shape index (κ1) is 20.1. The Morgan fingerprint density at radius 2 is 2.04 bits per heavy atom. The lowest BCUT2D eigenvalue weighted by Gasteiger charge is -2.10. The minimum Gasteiger partial charge on any atom is -0.451 e. The lowest BCUT2D eigenvalue weighted by atomic mass is 10.2. The van der Waals surface area contributed by atoms with Crippen LogP contribution in [0.2, 0.25) is 10.0 Å². The van der Waals surface area contributed by atoms with Crippen molar-refractivity contribution in [2.75, 3.05) is 5.32 Å². The van der Waals surface area contributed by atoms with Crippen LogP contribution in [-0.2, 0) is 0 Å². The Hall–Kier alpha value is -1.68. The van der Waals surface area contributed by atoms with Gasteiger partial charge in [-0.3, -0.25) is 10.1 Å². The summed E-state index contributed by atoms with van der Waals surface area (Å²) in [4.78, 5) is 16.6. The first-order chi connectivity index (χ1) is 12.8. The topological polar surface area (TPSA) is 67.2 Å². The van der Waals surface area contributed by atoms with Gasteiger partial charge in [0.05, 0.1) is 10.0 Å². The molecule has 0 aliphatic heterocycles. The summed E-state index contributed by atoms with van der Waals surface area (Å²) in [6.07, 6.45) is 1.70. The van der Waals surface area contributed by atoms with E-state index in [9.17, 15) is 4.79 Å². The SMILES string of the molecule is Cc1cc(I)cnc1NC(=S)NC(=O)c1ccc(-c2cccc(Cl)c2Cl)o1. The van der Waals surface area contributed by atoms with Crippen molar-refractivity contribution >= 4 is 74.8 Å². The van der Waals surface area contributed by atoms with Crippen molar-refractivity contribution in [2.24, 2.45) is 0 Å². The molecule has 2 N–H and O–H groups in total. The number of hydrogen-bond donors (Lipinski definition) is 2. The normalized spacial score (nSPS) is 10.5. The average Bonchev–Trinajstić information content (AvgIpc) is 3.10. The van der Waals surface area contributed by atoms with Gasteiger partial charge in [0.1, 0.15) is 11.6 Å². The molecule has 0 aliphatic carbocycles. The van der Waals surface area contributed by atoms with Crippen molar-refractivity contribution in [3.8, 4) is 11.3 Å². The van der Waals surface area contributed by atoms with Gasteiger partial charge in [0, 0.05) is 15.3 Å². The molecular weight excluding hydrogens is 520 g/mol. The molecule has 0 fully saturated rings. The number of hydrogen-bond acceptors (Lipinski definition) is 4. The van der Waals surface area contributed by atoms with Crippen molar-refractivity contribution < 1.29 is 9.21 Å². The van der Waals surface area contributed by atoms with Crippen LogP contribution in [-0.4, -0.2) is 16.0 Å². The van der Waals surface area contributed by atoms with Gasteiger partial charge in [0.2, 0.25) is 0 Å². The Kier molecular flexibility index (Phi) is 6.36. The van der Waals surface area contributed by atoms with E-state index < -0.39 is 5.91 Å². The number of benzene rings is 1. The zero-order chi connectivity index (χ0) is 19.6. The van der Waals surface area contributed by atoms with Gasteiger partial charge in [-0.1, -0.05) is 29.3 Å². The van der Waals surface area contributed by atoms with Crippen molar-refractivity contribution in [3.05, 3.63) is 67.5 Å². The molecule has 0 bridgehead atoms. The lowest BCUT2D eigenvalue weighted by Crippen LogP contribution is -2.34. The Balaban J connectivity index is 1.70. The molecule has 0 radical (unpaired) electrons. The molecule has 138 valence electrons. The fourth-order valence-electron chi connectivity index (χ4n) is 2.27. The molecule has 0 unspecified atom stereocenters. The second-order valence-corrected chi connectivity index (χ2v) is 7.93. The highest BCUT2D eigenvalue weighted by atomic mass is 127. The number of amides is 1. The van der Waals surface area contributed by atoms with Crippen LogP contribution in [0.4, 0.5) is 5.82 Å². The second kappa shape index (κ2) is 8.55. The molecule has 0 spiro atoms. The molecule has 3 rings (SSSR count). The van der Waals surface area contributed by atoms with Crippen molar-refractivity contribution in [1.82, 2.24) is 10.3 Å². The number of pyridine rings is 1. The van der Waals surface area contributed by atoms with E-state index in [-0.39, 0.29) is 10.9 Å². The predicted molar refractivity (Wildman–Crippen MR) is 120 cm³/mol. The summed E-state index contributed by atoms with van der Waals surface area (Å²) in [7, 11) is 0. The highest BCUT2D eigenvalue weighted by Gasteiger charge is 2.16. The molecule has 3 aromatic rings. The van der Waals surface area contributed by atoms with E-state index in [0.29, 0.717) is 27.2 Å². The van der Waals surface area contributed by atoms with Crippen LogP contribution in [0, 0.1) is 10.5 Å². The number of carbonyl (C=O) groups is 1. The fraction of sp³-hybridized carbons (Fsp3) is 0.0556. The van der Waals surface area contributed by atoms with Crippen LogP contribution in [0.1, 0.15) is 16.1 Å². The number of aryl methyl sites for hydroxylation is 1. The van der Waals surface area contributed by atoms with E-state index in [1.807, 2.05) is 13.0 Å². The summed E-state index contributed by atoms with van der Waals surface area (Å²) in [6.45, 7) is 1.90. The van der Waals surface area contributed by atoms with Crippen LogP contribution < -0.4 is 10.6 Å². The van der Waals surface area contributed by atoms with Gasteiger partial charge in [0.15, 0.2) is 10.9 Å². The number of rotatable bonds is 3. The van der Waals surface area contributed by atoms with Gasteiger partial charge in [-0.05, 0) is 77.6 Å². The molecular formula is C18H12Cl2IN3O2S. The van der Waals surface area contributed by atoms with Gasteiger partial charge in [-0.2, -0.15) is 0 Å². The highest BCUT2D eigenvalue weighted by Crippen LogP contribution is 2.34. The van der Waals surface area contributed by atoms with Crippen molar-refractivity contribution in [2.45, 2.75) is 6.92 Å². The largest absolute Gasteiger partial charge is 0.451 e. The molecule has 27 heavy (non-hydrogen) atoms. The van der Waals surface area contributed by atoms with Gasteiger partial charge in [0.25, 0.3) is 5.91 Å². The zero-order valence-corrected chi connectivity index (χ0v) is 18.3. The zero-order valence-electron chi connectivity index (χ0n) is 13.8. The molecule has 0 aliphatic rings. The van der Waals surface area contributed by atoms with E-state index in [2.05, 4.69) is 38.2 Å². The number of thiocarbonyl (C=S) groups is 1. The smallest absolute Gasteiger partial charge is 0.293 e. The molecule has 0 atom stereocenters. The van der Waals surface area contributed by atoms with Crippen molar-refractivity contribution in [3.63, 3.8) is 0 Å². The lowest BCUT2D eigenvalue weighted by molar-refractivity contribution is 0.0951. The van der Waals surface area contributed by atoms with Crippen LogP contribution in [0.5, 0.6) is 0 Å². The molecule has 1 aromatic carbocycles. The summed E-state index contributed by atoms with van der Waals surface area (Å²) in [5, 5.41) is 6.35. The minimum atomic E-state index is -0.486. The van der Waals surface area contributed by atoms with Crippen molar-refractivity contribution in [1.29, 1.82) is 0 Å². The van der Waals surface area contributed by atoms with Gasteiger partial charge >= 0.3 is 0 Å². The summed E-state index contributed by atoms with van der Waals surface area (Å²) < 4.78 is 6.61. The van der Waals surface area contributed by atoms with Gasteiger partial charge < -0.3 is 9.73 Å². The molecule has 0 saturated carbocycles. The number of nitrogens with one attached hydrogen (secondary N) is 2. The number of nitrogens with zero attached hydrogens (tertiary/aromatic N) is 1. The van der Waals surface area contributed by atoms with Crippen LogP contribution in [0.25, 0.3) is 11.3 Å². The fourth-order valence-corrected chi connectivity index (χ4v) is 3.46. The summed E-state index contributed by atoms with van der Waals surface area (Å²) >= 11 is 19.6. The first-order valence-corrected chi connectivity index (χ1v) is 9.88. The monoisotopic (exact) mass is 531 g/mol. The third kappa shape index (κ3) is 4.78. The second-order valence-electron chi connectivity index (χ2n) is 5.49. The van der Waals surface area contributed by atoms with E-state index in [4.69, 9.17) is 39.8 Å². The van der Waals surface area contributed by atoms with E-state index in [1.54, 1.807) is 36.5 Å². The Bertz CT molecular complexity index is 1040. The Morgan fingerprint density at radius 3 is 2.78 bits per heavy atom. The number of aromatic nitrogens is 1. The highest BCUT2D eigenvalue weighted by molar-refractivity contribution is 14.1. The number of furan rings is 1. The van der Waals surface area contributed by atoms with Crippen LogP contribution in [0.15, 0.2) is 47.0 Å². The average molecular weight is 532 g/mol. The number of carbonyl (C=O) groups excluding carboxylic acids is 1. The third-order valence-electron chi connectivity index (χ3n) is 3.55. The van der Waals surface area contributed by atoms with Crippen LogP contribution in [0.3, 0.4) is 0 Å². The summed E-state index contributed by atoms with van der Waals surface area (Å²) in [5.41, 5.74) is 1.51.